The van der Waals surface area contributed by atoms with Gasteiger partial charge in [0, 0.05) is 26.4 Å². The molecule has 5 heteroatoms. The number of rotatable bonds is 6. The van der Waals surface area contributed by atoms with E-state index in [1.54, 1.807) is 7.11 Å². The first-order valence-electron chi connectivity index (χ1n) is 5.81. The van der Waals surface area contributed by atoms with Crippen LogP contribution < -0.4 is 5.32 Å². The lowest BCUT2D eigenvalue weighted by atomic mass is 10.4. The van der Waals surface area contributed by atoms with Crippen LogP contribution >= 0.6 is 11.6 Å². The van der Waals surface area contributed by atoms with Crippen molar-refractivity contribution in [3.05, 3.63) is 41.3 Å². The molecule has 4 nitrogen and oxygen atoms in total. The highest BCUT2D eigenvalue weighted by molar-refractivity contribution is 6.31. The Hall–Kier alpha value is -1.36. The first-order chi connectivity index (χ1) is 8.83. The smallest absolute Gasteiger partial charge is 0.155 e. The van der Waals surface area contributed by atoms with Gasteiger partial charge in [-0.1, -0.05) is 23.7 Å². The lowest BCUT2D eigenvalue weighted by Crippen LogP contribution is -2.18. The molecule has 0 unspecified atom stereocenters. The van der Waals surface area contributed by atoms with Crippen molar-refractivity contribution in [3.63, 3.8) is 0 Å². The molecule has 0 amide bonds. The van der Waals surface area contributed by atoms with Gasteiger partial charge in [-0.2, -0.15) is 0 Å². The summed E-state index contributed by atoms with van der Waals surface area (Å²) in [5, 5.41) is 3.75. The highest BCUT2D eigenvalue weighted by Gasteiger charge is 2.05. The Morgan fingerprint density at radius 2 is 2.39 bits per heavy atom. The summed E-state index contributed by atoms with van der Waals surface area (Å²) in [7, 11) is 1.69. The Labute approximate surface area is 111 Å². The van der Waals surface area contributed by atoms with Crippen LogP contribution in [0.15, 0.2) is 30.5 Å². The number of hydrogen-bond acceptors (Lipinski definition) is 3. The highest BCUT2D eigenvalue weighted by Crippen LogP contribution is 2.18. The summed E-state index contributed by atoms with van der Waals surface area (Å²) >= 11 is 6.11. The molecule has 0 bridgehead atoms. The van der Waals surface area contributed by atoms with E-state index in [9.17, 15) is 0 Å². The van der Waals surface area contributed by atoms with Gasteiger partial charge in [0.1, 0.15) is 5.65 Å². The molecule has 0 aliphatic carbocycles. The molecular formula is C13H16ClN3O. The summed E-state index contributed by atoms with van der Waals surface area (Å²) in [5.41, 5.74) is 1.76. The summed E-state index contributed by atoms with van der Waals surface area (Å²) in [6.07, 6.45) is 5.95. The Morgan fingerprint density at radius 3 is 3.22 bits per heavy atom. The maximum Gasteiger partial charge on any atom is 0.155 e. The first-order valence-corrected chi connectivity index (χ1v) is 6.19. The quantitative estimate of drug-likeness (QED) is 0.814. The third-order valence-corrected chi connectivity index (χ3v) is 2.82. The van der Waals surface area contributed by atoms with Crippen LogP contribution in [0.3, 0.4) is 0 Å². The van der Waals surface area contributed by atoms with Crippen LogP contribution in [-0.4, -0.2) is 36.2 Å². The molecule has 0 fully saturated rings. The SMILES string of the molecule is COCCNCC=Cc1c(Cl)nc2ccccn12. The standard InChI is InChI=1S/C13H16ClN3O/c1-18-10-8-15-7-4-5-11-13(14)16-12-6-2-3-9-17(11)12/h2-6,9,15H,7-8,10H2,1H3. The molecule has 0 radical (unpaired) electrons. The Morgan fingerprint density at radius 1 is 1.50 bits per heavy atom. The summed E-state index contributed by atoms with van der Waals surface area (Å²) in [5.74, 6) is 0. The largest absolute Gasteiger partial charge is 0.383 e. The zero-order chi connectivity index (χ0) is 12.8. The summed E-state index contributed by atoms with van der Waals surface area (Å²) in [4.78, 5) is 4.28. The van der Waals surface area contributed by atoms with Crippen LogP contribution in [0.25, 0.3) is 11.7 Å². The van der Waals surface area contributed by atoms with Gasteiger partial charge in [0.25, 0.3) is 0 Å². The Bertz CT molecular complexity index is 536. The second-order valence-corrected chi connectivity index (χ2v) is 4.17. The van der Waals surface area contributed by atoms with Crippen molar-refractivity contribution in [1.29, 1.82) is 0 Å². The van der Waals surface area contributed by atoms with E-state index >= 15 is 0 Å². The molecule has 0 aliphatic rings. The molecule has 2 heterocycles. The van der Waals surface area contributed by atoms with Gasteiger partial charge in [0.05, 0.1) is 12.3 Å². The van der Waals surface area contributed by atoms with Crippen molar-refractivity contribution in [2.45, 2.75) is 0 Å². The molecule has 0 spiro atoms. The monoisotopic (exact) mass is 265 g/mol. The maximum atomic E-state index is 6.11. The van der Waals surface area contributed by atoms with Gasteiger partial charge in [-0.3, -0.25) is 4.40 Å². The third-order valence-electron chi connectivity index (χ3n) is 2.54. The van der Waals surface area contributed by atoms with Crippen molar-refractivity contribution in [2.75, 3.05) is 26.8 Å². The summed E-state index contributed by atoms with van der Waals surface area (Å²) in [6.45, 7) is 2.33. The average Bonchev–Trinajstić information content (AvgIpc) is 2.70. The van der Waals surface area contributed by atoms with Crippen molar-refractivity contribution in [3.8, 4) is 0 Å². The van der Waals surface area contributed by atoms with Crippen LogP contribution in [0.5, 0.6) is 0 Å². The number of nitrogens with one attached hydrogen (secondary N) is 1. The topological polar surface area (TPSA) is 38.6 Å². The van der Waals surface area contributed by atoms with Crippen molar-refractivity contribution < 1.29 is 4.74 Å². The van der Waals surface area contributed by atoms with Crippen LogP contribution in [0, 0.1) is 0 Å². The van der Waals surface area contributed by atoms with E-state index in [1.807, 2.05) is 40.9 Å². The fourth-order valence-corrected chi connectivity index (χ4v) is 1.91. The van der Waals surface area contributed by atoms with Gasteiger partial charge in [-0.15, -0.1) is 0 Å². The number of hydrogen-bond donors (Lipinski definition) is 1. The zero-order valence-corrected chi connectivity index (χ0v) is 11.0. The molecule has 2 aromatic heterocycles. The Balaban J connectivity index is 2.02. The highest BCUT2D eigenvalue weighted by atomic mass is 35.5. The number of fused-ring (bicyclic) bond motifs is 1. The van der Waals surface area contributed by atoms with Gasteiger partial charge < -0.3 is 10.1 Å². The summed E-state index contributed by atoms with van der Waals surface area (Å²) < 4.78 is 6.92. The molecule has 0 aromatic carbocycles. The number of aromatic nitrogens is 2. The molecule has 0 atom stereocenters. The second-order valence-electron chi connectivity index (χ2n) is 3.82. The van der Waals surface area contributed by atoms with E-state index in [-0.39, 0.29) is 0 Å². The molecule has 2 rings (SSSR count). The molecule has 18 heavy (non-hydrogen) atoms. The molecular weight excluding hydrogens is 250 g/mol. The predicted octanol–water partition coefficient (Wildman–Crippen LogP) is 2.24. The lowest BCUT2D eigenvalue weighted by Gasteiger charge is -1.99. The number of halogens is 1. The number of pyridine rings is 1. The summed E-state index contributed by atoms with van der Waals surface area (Å²) in [6, 6.07) is 5.83. The van der Waals surface area contributed by atoms with E-state index in [2.05, 4.69) is 10.3 Å². The van der Waals surface area contributed by atoms with Gasteiger partial charge in [-0.05, 0) is 18.2 Å². The van der Waals surface area contributed by atoms with Gasteiger partial charge >= 0.3 is 0 Å². The number of imidazole rings is 1. The van der Waals surface area contributed by atoms with Crippen molar-refractivity contribution in [1.82, 2.24) is 14.7 Å². The van der Waals surface area contributed by atoms with Gasteiger partial charge in [-0.25, -0.2) is 4.98 Å². The fraction of sp³-hybridized carbons (Fsp3) is 0.308. The minimum atomic E-state index is 0.523. The number of methoxy groups -OCH3 is 1. The molecule has 0 saturated carbocycles. The van der Waals surface area contributed by atoms with Crippen molar-refractivity contribution in [2.24, 2.45) is 0 Å². The van der Waals surface area contributed by atoms with Crippen LogP contribution in [0.4, 0.5) is 0 Å². The molecule has 96 valence electrons. The maximum absolute atomic E-state index is 6.11. The lowest BCUT2D eigenvalue weighted by molar-refractivity contribution is 0.200. The van der Waals surface area contributed by atoms with Gasteiger partial charge in [0.2, 0.25) is 0 Å². The van der Waals surface area contributed by atoms with E-state index in [4.69, 9.17) is 16.3 Å². The van der Waals surface area contributed by atoms with Gasteiger partial charge in [0.15, 0.2) is 5.15 Å². The average molecular weight is 266 g/mol. The van der Waals surface area contributed by atoms with E-state index in [0.717, 1.165) is 24.4 Å². The first kappa shape index (κ1) is 13.1. The van der Waals surface area contributed by atoms with Crippen LogP contribution in [0.2, 0.25) is 5.15 Å². The second kappa shape index (κ2) is 6.54. The fourth-order valence-electron chi connectivity index (χ4n) is 1.67. The molecule has 0 aliphatic heterocycles. The van der Waals surface area contributed by atoms with Crippen LogP contribution in [-0.2, 0) is 4.74 Å². The molecule has 1 N–H and O–H groups in total. The molecule has 0 saturated heterocycles. The van der Waals surface area contributed by atoms with E-state index in [0.29, 0.717) is 11.8 Å². The van der Waals surface area contributed by atoms with E-state index < -0.39 is 0 Å². The minimum absolute atomic E-state index is 0.523. The number of ether oxygens (including phenoxy) is 1. The van der Waals surface area contributed by atoms with E-state index in [1.165, 1.54) is 0 Å². The number of nitrogens with zero attached hydrogens (tertiary/aromatic N) is 2. The Kier molecular flexibility index (Phi) is 4.75. The van der Waals surface area contributed by atoms with Crippen molar-refractivity contribution >= 4 is 23.3 Å². The van der Waals surface area contributed by atoms with Crippen LogP contribution in [0.1, 0.15) is 5.69 Å². The minimum Gasteiger partial charge on any atom is -0.383 e. The zero-order valence-electron chi connectivity index (χ0n) is 10.3. The normalized spacial score (nSPS) is 11.7. The third kappa shape index (κ3) is 3.10. The predicted molar refractivity (Wildman–Crippen MR) is 74.0 cm³/mol. The molecule has 2 aromatic rings.